The molecule has 1 aliphatic heterocycles. The average molecular weight is 1460 g/mol. The van der Waals surface area contributed by atoms with E-state index < -0.39 is 162 Å². The molecule has 578 valence electrons. The molecule has 2 aromatic rings. The van der Waals surface area contributed by atoms with Gasteiger partial charge in [0.05, 0.1) is 29.3 Å². The van der Waals surface area contributed by atoms with Crippen LogP contribution in [-0.4, -0.2) is 256 Å². The van der Waals surface area contributed by atoms with E-state index in [-0.39, 0.29) is 63.1 Å². The highest BCUT2D eigenvalue weighted by atomic mass is 32.1. The molecule has 0 aromatic carbocycles. The predicted octanol–water partition coefficient (Wildman–Crippen LogP) is 4.71. The molecule has 30 heteroatoms. The molecule has 1 fully saturated rings. The third-order valence-electron chi connectivity index (χ3n) is 18.6. The highest BCUT2D eigenvalue weighted by Gasteiger charge is 2.46. The van der Waals surface area contributed by atoms with Crippen LogP contribution in [0.5, 0.6) is 0 Å². The topological polar surface area (TPSA) is 361 Å². The summed E-state index contributed by atoms with van der Waals surface area (Å²) in [7, 11) is 9.75. The fourth-order valence-electron chi connectivity index (χ4n) is 12.3. The number of nitrogens with one attached hydrogen (secondary N) is 4. The maximum absolute atomic E-state index is 15.3. The normalized spacial score (nSPS) is 24.6. The minimum absolute atomic E-state index is 0.0282. The summed E-state index contributed by atoms with van der Waals surface area (Å²) < 4.78 is 6.27. The summed E-state index contributed by atoms with van der Waals surface area (Å²) in [5.41, 5.74) is 7.27. The van der Waals surface area contributed by atoms with Gasteiger partial charge in [0.1, 0.15) is 60.4 Å². The molecule has 1 aliphatic rings. The quantitative estimate of drug-likeness (QED) is 0.0380. The number of carbonyl (C=O) groups is 11. The van der Waals surface area contributed by atoms with E-state index in [1.54, 1.807) is 92.2 Å². The van der Waals surface area contributed by atoms with E-state index >= 15 is 24.0 Å². The van der Waals surface area contributed by atoms with E-state index in [0.717, 1.165) is 25.1 Å². The number of thiazole rings is 1. The molecule has 0 aliphatic carbocycles. The largest absolute Gasteiger partial charge is 0.390 e. The fourth-order valence-corrected chi connectivity index (χ4v) is 13.0. The van der Waals surface area contributed by atoms with Crippen LogP contribution < -0.4 is 27.0 Å². The molecule has 13 atom stereocenters. The number of likely N-dealkylation sites (N-methyl/N-ethyl adjacent to an activating group) is 7. The number of allylic oxidation sites excluding steroid dienone is 2. The zero-order valence-electron chi connectivity index (χ0n) is 65.2. The third-order valence-corrected chi connectivity index (χ3v) is 19.5. The summed E-state index contributed by atoms with van der Waals surface area (Å²) >= 11 is 1.34. The van der Waals surface area contributed by atoms with Gasteiger partial charge in [0.2, 0.25) is 65.0 Å². The van der Waals surface area contributed by atoms with Crippen LogP contribution >= 0.6 is 11.3 Å². The Hall–Kier alpha value is -8.12. The first-order valence-corrected chi connectivity index (χ1v) is 36.7. The molecule has 11 amide bonds. The Bertz CT molecular complexity index is 3220. The summed E-state index contributed by atoms with van der Waals surface area (Å²) in [4.78, 5) is 186. The number of nitrogens with zero attached hydrogens (tertiary/aromatic N) is 10. The van der Waals surface area contributed by atoms with Crippen LogP contribution in [0.1, 0.15) is 161 Å². The fraction of sp³-hybridized carbons (Fsp3) is 0.699. The zero-order valence-corrected chi connectivity index (χ0v) is 66.0. The van der Waals surface area contributed by atoms with Gasteiger partial charge < -0.3 is 76.0 Å². The molecule has 2 aromatic heterocycles. The highest BCUT2D eigenvalue weighted by Crippen LogP contribution is 2.28. The van der Waals surface area contributed by atoms with Crippen LogP contribution in [0.25, 0.3) is 10.4 Å². The van der Waals surface area contributed by atoms with Crippen molar-refractivity contribution in [2.45, 2.75) is 235 Å². The summed E-state index contributed by atoms with van der Waals surface area (Å²) in [6.07, 6.45) is 7.26. The van der Waals surface area contributed by atoms with Crippen molar-refractivity contribution >= 4 is 87.7 Å². The number of amides is 11. The number of anilines is 1. The standard InChI is InChI=1S/C73H121N15O14S/c1-24-26-29-46(13)62(90)61-66(94)80-52(25-2)68(96)82(17)39-57(89)86(21)60(49(16)101-33-28-27-32-77-102-40-51-31-30-50(37-75-51)56-38-76-73(74)103-56)65(93)81-58(44(9)10)71(99)83(18)53(34-41(3)4)64(92)78-47(14)63(91)79-48(15)67(95)84(19)54(35-42(5)6)69(97)85(20)55(36-43(7)8)70(98)87(22)59(45(11)12)72(100)88(61)23/h24,26,30-32,37-38,41-49,52-55,58-62,90H,25,27-29,33-36,39-40H2,1-23H3,(H2,74,76)(H,78,92)(H,79,91)(H,80,94)(H,81,93)/b26-24+,77-32+/t46-,47+,48-,49-,52+,53+,54+,55+,58+,59+,60+,61+,62-/m1/s1. The molecule has 7 N–H and O–H groups in total. The van der Waals surface area contributed by atoms with Gasteiger partial charge in [-0.1, -0.05) is 118 Å². The van der Waals surface area contributed by atoms with Crippen LogP contribution in [-0.2, 0) is 68.9 Å². The summed E-state index contributed by atoms with van der Waals surface area (Å²) in [6, 6.07) is -9.45. The number of aliphatic hydroxyl groups is 1. The molecule has 0 radical (unpaired) electrons. The van der Waals surface area contributed by atoms with Crippen LogP contribution in [0, 0.1) is 35.5 Å². The SMILES string of the molecule is C/C=C/C[C@@H](C)[C@@H](O)[C@H]1C(=O)N[C@@H](CC)C(=O)N(C)CC(=O)N(C)[C@@H]([C@@H](C)OCCC/C=N/OCc2ccc(-c3cnc(N)s3)cn2)C(=O)N[C@@H](C(C)C)C(=O)N(C)[C@@H](CC(C)C)C(=O)N[C@@H](C)C(=O)N[C@H](C)C(=O)N(C)[C@@H](CC(C)C)C(=O)N(C)[C@@H](CC(C)C)C(=O)N(C)[C@@H](C(C)C)C(=O)N1C. The van der Waals surface area contributed by atoms with Gasteiger partial charge in [-0.05, 0) is 114 Å². The first-order chi connectivity index (χ1) is 48.1. The smallest absolute Gasteiger partial charge is 0.246 e. The van der Waals surface area contributed by atoms with E-state index in [2.05, 4.69) is 36.4 Å². The van der Waals surface area contributed by atoms with Crippen LogP contribution in [0.3, 0.4) is 0 Å². The Morgan fingerprint density at radius 3 is 1.68 bits per heavy atom. The van der Waals surface area contributed by atoms with Crippen molar-refractivity contribution in [3.8, 4) is 10.4 Å². The Morgan fingerprint density at radius 2 is 1.16 bits per heavy atom. The lowest BCUT2D eigenvalue weighted by Crippen LogP contribution is -2.63. The van der Waals surface area contributed by atoms with Crippen LogP contribution in [0.4, 0.5) is 5.13 Å². The number of hydrogen-bond donors (Lipinski definition) is 6. The molecular formula is C73H121N15O14S. The minimum atomic E-state index is -1.66. The molecule has 1 saturated heterocycles. The van der Waals surface area contributed by atoms with E-state index in [0.29, 0.717) is 23.7 Å². The Balaban J connectivity index is 2.21. The maximum Gasteiger partial charge on any atom is 0.246 e. The summed E-state index contributed by atoms with van der Waals surface area (Å²) in [6.45, 7) is 27.0. The van der Waals surface area contributed by atoms with E-state index in [4.69, 9.17) is 15.3 Å². The van der Waals surface area contributed by atoms with Crippen molar-refractivity contribution in [3.63, 3.8) is 0 Å². The van der Waals surface area contributed by atoms with Gasteiger partial charge in [-0.3, -0.25) is 57.7 Å². The first-order valence-electron chi connectivity index (χ1n) is 35.9. The second-order valence-corrected chi connectivity index (χ2v) is 30.3. The molecule has 103 heavy (non-hydrogen) atoms. The number of aromatic nitrogens is 2. The first kappa shape index (κ1) is 89.1. The Kier molecular flexibility index (Phi) is 36.3. The number of carbonyl (C=O) groups excluding carboxylic acids is 11. The van der Waals surface area contributed by atoms with Gasteiger partial charge >= 0.3 is 0 Å². The van der Waals surface area contributed by atoms with Crippen molar-refractivity contribution in [3.05, 3.63) is 42.4 Å². The number of rotatable bonds is 23. The molecule has 3 rings (SSSR count). The van der Waals surface area contributed by atoms with E-state index in [1.807, 2.05) is 47.6 Å². The molecular weight excluding hydrogens is 1340 g/mol. The molecule has 0 bridgehead atoms. The molecule has 0 saturated carbocycles. The monoisotopic (exact) mass is 1460 g/mol. The van der Waals surface area contributed by atoms with Crippen molar-refractivity contribution < 1.29 is 67.4 Å². The molecule has 0 spiro atoms. The zero-order chi connectivity index (χ0) is 78.2. The van der Waals surface area contributed by atoms with Crippen LogP contribution in [0.15, 0.2) is 41.8 Å². The lowest BCUT2D eigenvalue weighted by Gasteiger charge is -2.41. The van der Waals surface area contributed by atoms with E-state index in [9.17, 15) is 33.9 Å². The highest BCUT2D eigenvalue weighted by molar-refractivity contribution is 7.18. The number of unbranched alkanes of at least 4 members (excludes halogenated alkanes) is 1. The number of nitrogen functional groups attached to an aromatic ring is 1. The number of pyridine rings is 1. The predicted molar refractivity (Wildman–Crippen MR) is 397 cm³/mol. The van der Waals surface area contributed by atoms with Crippen molar-refractivity contribution in [1.29, 1.82) is 0 Å². The second kappa shape index (κ2) is 42.0. The average Bonchev–Trinajstić information content (AvgIpc) is 1.27. The third kappa shape index (κ3) is 25.6. The Labute approximate surface area is 614 Å². The number of aliphatic hydroxyl groups excluding tert-OH is 1. The molecule has 0 unspecified atom stereocenters. The van der Waals surface area contributed by atoms with Gasteiger partial charge in [-0.2, -0.15) is 0 Å². The number of oxime groups is 1. The Morgan fingerprint density at radius 1 is 0.612 bits per heavy atom. The van der Waals surface area contributed by atoms with Crippen molar-refractivity contribution in [2.75, 3.05) is 68.2 Å². The number of nitrogens with two attached hydrogens (primary N) is 1. The minimum Gasteiger partial charge on any atom is -0.390 e. The summed E-state index contributed by atoms with van der Waals surface area (Å²) in [5, 5.41) is 27.7. The number of hydrogen-bond acceptors (Lipinski definition) is 19. The maximum atomic E-state index is 15.3. The number of ether oxygens (including phenoxy) is 1. The second-order valence-electron chi connectivity index (χ2n) is 29.3. The van der Waals surface area contributed by atoms with Gasteiger partial charge in [-0.25, -0.2) is 4.98 Å². The lowest BCUT2D eigenvalue weighted by atomic mass is 9.91. The molecule has 29 nitrogen and oxygen atoms in total. The van der Waals surface area contributed by atoms with Gasteiger partial charge in [-0.15, -0.1) is 0 Å². The van der Waals surface area contributed by atoms with Gasteiger partial charge in [0, 0.05) is 80.1 Å². The lowest BCUT2D eigenvalue weighted by molar-refractivity contribution is -0.157. The molecule has 3 heterocycles. The van der Waals surface area contributed by atoms with Crippen LogP contribution in [0.2, 0.25) is 0 Å². The van der Waals surface area contributed by atoms with Crippen molar-refractivity contribution in [1.82, 2.24) is 65.5 Å². The van der Waals surface area contributed by atoms with Gasteiger partial charge in [0.25, 0.3) is 0 Å². The summed E-state index contributed by atoms with van der Waals surface area (Å²) in [5.74, 6) is -10.4. The van der Waals surface area contributed by atoms with Crippen molar-refractivity contribution in [2.24, 2.45) is 40.7 Å². The van der Waals surface area contributed by atoms with E-state index in [1.165, 1.54) is 94.1 Å². The van der Waals surface area contributed by atoms with Gasteiger partial charge in [0.15, 0.2) is 11.7 Å².